The second-order valence-electron chi connectivity index (χ2n) is 4.60. The van der Waals surface area contributed by atoms with Crippen LogP contribution in [0, 0.1) is 5.41 Å². The van der Waals surface area contributed by atoms with Crippen LogP contribution in [0.3, 0.4) is 0 Å². The summed E-state index contributed by atoms with van der Waals surface area (Å²) in [7, 11) is 0. The molecule has 0 spiro atoms. The molecule has 0 bridgehead atoms. The van der Waals surface area contributed by atoms with Crippen LogP contribution >= 0.6 is 15.9 Å². The maximum Gasteiger partial charge on any atom is 0.228 e. The number of aliphatic hydroxyl groups excluding tert-OH is 1. The van der Waals surface area contributed by atoms with Gasteiger partial charge in [-0.3, -0.25) is 4.79 Å². The minimum Gasteiger partial charge on any atom is -0.395 e. The maximum atomic E-state index is 11.9. The number of benzene rings is 1. The molecule has 1 amide bonds. The van der Waals surface area contributed by atoms with E-state index in [1.807, 2.05) is 24.3 Å². The molecule has 17 heavy (non-hydrogen) atoms. The Bertz CT molecular complexity index is 393. The van der Waals surface area contributed by atoms with Crippen LogP contribution in [0.25, 0.3) is 0 Å². The number of hydrogen-bond donors (Lipinski definition) is 2. The molecule has 1 aliphatic carbocycles. The fourth-order valence-electron chi connectivity index (χ4n) is 2.03. The van der Waals surface area contributed by atoms with Gasteiger partial charge in [0.15, 0.2) is 0 Å². The summed E-state index contributed by atoms with van der Waals surface area (Å²) in [5.74, 6) is -0.0193. The maximum absolute atomic E-state index is 11.9. The average molecular weight is 298 g/mol. The third-order valence-corrected chi connectivity index (χ3v) is 3.99. The highest BCUT2D eigenvalue weighted by Gasteiger charge is 2.43. The zero-order chi connectivity index (χ0) is 12.3. The molecule has 0 unspecified atom stereocenters. The molecule has 1 aliphatic rings. The lowest BCUT2D eigenvalue weighted by atomic mass is 9.68. The lowest BCUT2D eigenvalue weighted by Gasteiger charge is -2.38. The molecule has 4 heteroatoms. The Morgan fingerprint density at radius 2 is 2.00 bits per heavy atom. The number of carbonyl (C=O) groups excluding carboxylic acids is 1. The molecule has 0 heterocycles. The van der Waals surface area contributed by atoms with Gasteiger partial charge in [-0.1, -0.05) is 34.5 Å². The number of nitrogens with one attached hydrogen (secondary N) is 1. The van der Waals surface area contributed by atoms with Crippen molar-refractivity contribution in [2.24, 2.45) is 5.41 Å². The normalized spacial score (nSPS) is 17.3. The van der Waals surface area contributed by atoms with E-state index in [0.29, 0.717) is 6.54 Å². The molecule has 1 aromatic carbocycles. The minimum absolute atomic E-state index is 0.0193. The molecule has 92 valence electrons. The topological polar surface area (TPSA) is 49.3 Å². The van der Waals surface area contributed by atoms with E-state index in [1.165, 1.54) is 0 Å². The summed E-state index contributed by atoms with van der Waals surface area (Å²) >= 11 is 3.37. The number of halogens is 1. The Morgan fingerprint density at radius 1 is 1.35 bits per heavy atom. The minimum atomic E-state index is -0.505. The molecule has 0 atom stereocenters. The Balaban J connectivity index is 1.90. The van der Waals surface area contributed by atoms with Crippen LogP contribution in [0.5, 0.6) is 0 Å². The summed E-state index contributed by atoms with van der Waals surface area (Å²) in [6.07, 6.45) is 2.64. The molecule has 0 aromatic heterocycles. The van der Waals surface area contributed by atoms with Crippen LogP contribution in [0.2, 0.25) is 0 Å². The van der Waals surface area contributed by atoms with Crippen molar-refractivity contribution >= 4 is 21.8 Å². The summed E-state index contributed by atoms with van der Waals surface area (Å²) < 4.78 is 1.03. The fourth-order valence-corrected chi connectivity index (χ4v) is 2.30. The summed E-state index contributed by atoms with van der Waals surface area (Å²) in [5.41, 5.74) is 0.559. The van der Waals surface area contributed by atoms with Gasteiger partial charge in [-0.05, 0) is 30.5 Å². The van der Waals surface area contributed by atoms with Crippen molar-refractivity contribution in [3.05, 3.63) is 34.3 Å². The number of carbonyl (C=O) groups is 1. The van der Waals surface area contributed by atoms with Crippen LogP contribution in [0.15, 0.2) is 28.7 Å². The second kappa shape index (κ2) is 5.19. The van der Waals surface area contributed by atoms with Gasteiger partial charge in [-0.2, -0.15) is 0 Å². The largest absolute Gasteiger partial charge is 0.395 e. The lowest BCUT2D eigenvalue weighted by Crippen LogP contribution is -2.47. The van der Waals surface area contributed by atoms with Gasteiger partial charge in [-0.15, -0.1) is 0 Å². The van der Waals surface area contributed by atoms with Crippen molar-refractivity contribution in [2.45, 2.75) is 25.8 Å². The monoisotopic (exact) mass is 297 g/mol. The van der Waals surface area contributed by atoms with Crippen LogP contribution in [0.4, 0.5) is 0 Å². The first-order valence-electron chi connectivity index (χ1n) is 5.80. The molecule has 2 N–H and O–H groups in total. The van der Waals surface area contributed by atoms with Crippen molar-refractivity contribution in [3.63, 3.8) is 0 Å². The first-order chi connectivity index (χ1) is 8.16. The Labute approximate surface area is 109 Å². The molecule has 0 radical (unpaired) electrons. The Hall–Kier alpha value is -0.870. The summed E-state index contributed by atoms with van der Waals surface area (Å²) in [6.45, 7) is 0.479. The number of rotatable bonds is 4. The van der Waals surface area contributed by atoms with Gasteiger partial charge in [0.1, 0.15) is 0 Å². The smallest absolute Gasteiger partial charge is 0.228 e. The van der Waals surface area contributed by atoms with Crippen LogP contribution in [-0.2, 0) is 11.3 Å². The SMILES string of the molecule is O=C(NCc1ccc(Br)cc1)C1(CO)CCC1. The van der Waals surface area contributed by atoms with Gasteiger partial charge in [-0.25, -0.2) is 0 Å². The highest BCUT2D eigenvalue weighted by atomic mass is 79.9. The van der Waals surface area contributed by atoms with Gasteiger partial charge in [0.05, 0.1) is 12.0 Å². The van der Waals surface area contributed by atoms with E-state index in [4.69, 9.17) is 0 Å². The molecule has 0 saturated heterocycles. The van der Waals surface area contributed by atoms with Gasteiger partial charge < -0.3 is 10.4 Å². The summed E-state index contributed by atoms with van der Waals surface area (Å²) in [4.78, 5) is 11.9. The molecule has 1 aromatic rings. The second-order valence-corrected chi connectivity index (χ2v) is 5.52. The Morgan fingerprint density at radius 3 is 2.47 bits per heavy atom. The molecule has 0 aliphatic heterocycles. The van der Waals surface area contributed by atoms with E-state index >= 15 is 0 Å². The van der Waals surface area contributed by atoms with Crippen molar-refractivity contribution in [1.82, 2.24) is 5.32 Å². The molecule has 1 fully saturated rings. The van der Waals surface area contributed by atoms with E-state index < -0.39 is 5.41 Å². The molecule has 1 saturated carbocycles. The fraction of sp³-hybridized carbons (Fsp3) is 0.462. The third-order valence-electron chi connectivity index (χ3n) is 3.46. The summed E-state index contributed by atoms with van der Waals surface area (Å²) in [5, 5.41) is 12.2. The molecular formula is C13H16BrNO2. The van der Waals surface area contributed by atoms with Crippen molar-refractivity contribution in [3.8, 4) is 0 Å². The lowest BCUT2D eigenvalue weighted by molar-refractivity contribution is -0.139. The molecule has 2 rings (SSSR count). The number of hydrogen-bond acceptors (Lipinski definition) is 2. The van der Waals surface area contributed by atoms with Gasteiger partial charge >= 0.3 is 0 Å². The van der Waals surface area contributed by atoms with Crippen molar-refractivity contribution in [1.29, 1.82) is 0 Å². The van der Waals surface area contributed by atoms with Crippen LogP contribution < -0.4 is 5.32 Å². The summed E-state index contributed by atoms with van der Waals surface area (Å²) in [6, 6.07) is 7.84. The van der Waals surface area contributed by atoms with E-state index in [0.717, 1.165) is 29.3 Å². The average Bonchev–Trinajstić information content (AvgIpc) is 2.27. The van der Waals surface area contributed by atoms with Gasteiger partial charge in [0.2, 0.25) is 5.91 Å². The Kier molecular flexibility index (Phi) is 3.84. The van der Waals surface area contributed by atoms with E-state index in [-0.39, 0.29) is 12.5 Å². The van der Waals surface area contributed by atoms with Crippen molar-refractivity contribution < 1.29 is 9.90 Å². The molecule has 3 nitrogen and oxygen atoms in total. The van der Waals surface area contributed by atoms with E-state index in [2.05, 4.69) is 21.2 Å². The van der Waals surface area contributed by atoms with Gasteiger partial charge in [0, 0.05) is 11.0 Å². The van der Waals surface area contributed by atoms with Crippen LogP contribution in [0.1, 0.15) is 24.8 Å². The zero-order valence-corrected chi connectivity index (χ0v) is 11.2. The van der Waals surface area contributed by atoms with Crippen molar-refractivity contribution in [2.75, 3.05) is 6.61 Å². The standard InChI is InChI=1S/C13H16BrNO2/c14-11-4-2-10(3-5-11)8-15-12(17)13(9-16)6-1-7-13/h2-5,16H,1,6-9H2,(H,15,17). The first kappa shape index (κ1) is 12.6. The predicted molar refractivity (Wildman–Crippen MR) is 69.4 cm³/mol. The zero-order valence-electron chi connectivity index (χ0n) is 9.58. The number of aliphatic hydroxyl groups is 1. The van der Waals surface area contributed by atoms with Gasteiger partial charge in [0.25, 0.3) is 0 Å². The highest BCUT2D eigenvalue weighted by Crippen LogP contribution is 2.40. The quantitative estimate of drug-likeness (QED) is 0.895. The van der Waals surface area contributed by atoms with Crippen LogP contribution in [-0.4, -0.2) is 17.6 Å². The molecular weight excluding hydrogens is 282 g/mol. The first-order valence-corrected chi connectivity index (χ1v) is 6.59. The third kappa shape index (κ3) is 2.69. The predicted octanol–water partition coefficient (Wildman–Crippen LogP) is 2.23. The van der Waals surface area contributed by atoms with E-state index in [9.17, 15) is 9.90 Å². The van der Waals surface area contributed by atoms with E-state index in [1.54, 1.807) is 0 Å². The number of amides is 1. The highest BCUT2D eigenvalue weighted by molar-refractivity contribution is 9.10.